The Morgan fingerprint density at radius 3 is 2.75 bits per heavy atom. The number of pyridine rings is 1. The van der Waals surface area contributed by atoms with Crippen molar-refractivity contribution in [3.63, 3.8) is 0 Å². The van der Waals surface area contributed by atoms with Gasteiger partial charge in [0.2, 0.25) is 11.8 Å². The van der Waals surface area contributed by atoms with Crippen molar-refractivity contribution in [2.45, 2.75) is 20.0 Å². The van der Waals surface area contributed by atoms with Crippen molar-refractivity contribution in [1.29, 1.82) is 0 Å². The Bertz CT molecular complexity index is 496. The van der Waals surface area contributed by atoms with Gasteiger partial charge in [0, 0.05) is 6.07 Å². The molecule has 1 aromatic heterocycles. The number of hydrogen-bond donors (Lipinski definition) is 2. The van der Waals surface area contributed by atoms with Gasteiger partial charge in [0.05, 0.1) is 22.6 Å². The van der Waals surface area contributed by atoms with Crippen molar-refractivity contribution in [2.75, 3.05) is 16.8 Å². The van der Waals surface area contributed by atoms with Gasteiger partial charge in [-0.15, -0.1) is 11.8 Å². The number of hydrogen-bond acceptors (Lipinski definition) is 5. The summed E-state index contributed by atoms with van der Waals surface area (Å²) < 4.78 is 5.40. The fraction of sp³-hybridized carbons (Fsp3) is 0.417. The van der Waals surface area contributed by atoms with Crippen LogP contribution in [0.25, 0.3) is 0 Å². The van der Waals surface area contributed by atoms with E-state index in [9.17, 15) is 9.59 Å². The van der Waals surface area contributed by atoms with Gasteiger partial charge in [-0.2, -0.15) is 4.98 Å². The fourth-order valence-electron chi connectivity index (χ4n) is 1.22. The van der Waals surface area contributed by atoms with E-state index >= 15 is 0 Å². The Hall–Kier alpha value is -1.47. The summed E-state index contributed by atoms with van der Waals surface area (Å²) in [5.41, 5.74) is 0. The molecule has 1 aromatic rings. The molecule has 0 saturated carbocycles. The standard InChI is InChI=1S/C12H15ClN2O4S/c1-7(2)19-10-4-3-8(13)12(15-10)14-9(16)5-20-6-11(17)18/h3-4,7H,5-6H2,1-2H3,(H,17,18)(H,14,15,16). The lowest BCUT2D eigenvalue weighted by atomic mass is 10.4. The van der Waals surface area contributed by atoms with Crippen LogP contribution >= 0.6 is 23.4 Å². The van der Waals surface area contributed by atoms with Crippen LogP contribution in [-0.2, 0) is 9.59 Å². The van der Waals surface area contributed by atoms with Crippen LogP contribution in [0.15, 0.2) is 12.1 Å². The smallest absolute Gasteiger partial charge is 0.313 e. The van der Waals surface area contributed by atoms with Gasteiger partial charge >= 0.3 is 5.97 Å². The summed E-state index contributed by atoms with van der Waals surface area (Å²) >= 11 is 6.92. The Kier molecular flexibility index (Phi) is 6.60. The van der Waals surface area contributed by atoms with Gasteiger partial charge in [0.1, 0.15) is 0 Å². The monoisotopic (exact) mass is 318 g/mol. The first-order valence-corrected chi connectivity index (χ1v) is 7.34. The van der Waals surface area contributed by atoms with Gasteiger partial charge in [-0.1, -0.05) is 11.6 Å². The maximum Gasteiger partial charge on any atom is 0.313 e. The van der Waals surface area contributed by atoms with Crippen LogP contribution in [-0.4, -0.2) is 39.6 Å². The lowest BCUT2D eigenvalue weighted by Gasteiger charge is -2.11. The molecule has 0 aliphatic heterocycles. The molecule has 0 spiro atoms. The molecular formula is C12H15ClN2O4S. The number of halogens is 1. The molecule has 0 aliphatic rings. The van der Waals surface area contributed by atoms with Crippen LogP contribution in [0.5, 0.6) is 5.88 Å². The summed E-state index contributed by atoms with van der Waals surface area (Å²) in [6.45, 7) is 3.72. The number of rotatable bonds is 7. The lowest BCUT2D eigenvalue weighted by molar-refractivity contribution is -0.133. The van der Waals surface area contributed by atoms with Gasteiger partial charge in [0.25, 0.3) is 0 Å². The summed E-state index contributed by atoms with van der Waals surface area (Å²) in [6, 6.07) is 3.18. The Morgan fingerprint density at radius 1 is 1.45 bits per heavy atom. The Morgan fingerprint density at radius 2 is 2.15 bits per heavy atom. The highest BCUT2D eigenvalue weighted by Crippen LogP contribution is 2.23. The molecule has 1 heterocycles. The minimum atomic E-state index is -0.966. The van der Waals surface area contributed by atoms with Crippen LogP contribution in [0.3, 0.4) is 0 Å². The highest BCUT2D eigenvalue weighted by Gasteiger charge is 2.10. The third-order valence-corrected chi connectivity index (χ3v) is 3.12. The number of ether oxygens (including phenoxy) is 1. The average Bonchev–Trinajstić information content (AvgIpc) is 2.32. The van der Waals surface area contributed by atoms with Crippen LogP contribution in [0.2, 0.25) is 5.02 Å². The first-order valence-electron chi connectivity index (χ1n) is 5.81. The normalized spacial score (nSPS) is 10.4. The van der Waals surface area contributed by atoms with Gasteiger partial charge in [0.15, 0.2) is 5.82 Å². The SMILES string of the molecule is CC(C)Oc1ccc(Cl)c(NC(=O)CSCC(=O)O)n1. The van der Waals surface area contributed by atoms with E-state index in [0.717, 1.165) is 11.8 Å². The number of carbonyl (C=O) groups excluding carboxylic acids is 1. The van der Waals surface area contributed by atoms with Crippen molar-refractivity contribution in [3.05, 3.63) is 17.2 Å². The topological polar surface area (TPSA) is 88.5 Å². The van der Waals surface area contributed by atoms with Crippen molar-refractivity contribution in [1.82, 2.24) is 4.98 Å². The largest absolute Gasteiger partial charge is 0.481 e. The first-order chi connectivity index (χ1) is 9.38. The Labute approximate surface area is 125 Å². The maximum absolute atomic E-state index is 11.6. The zero-order valence-electron chi connectivity index (χ0n) is 11.1. The minimum absolute atomic E-state index is 0.0135. The van der Waals surface area contributed by atoms with E-state index in [1.807, 2.05) is 13.8 Å². The molecule has 0 saturated heterocycles. The van der Waals surface area contributed by atoms with Crippen molar-refractivity contribution in [3.8, 4) is 5.88 Å². The number of anilines is 1. The number of amides is 1. The van der Waals surface area contributed by atoms with Crippen LogP contribution < -0.4 is 10.1 Å². The average molecular weight is 319 g/mol. The van der Waals surface area contributed by atoms with E-state index in [0.29, 0.717) is 5.88 Å². The molecular weight excluding hydrogens is 304 g/mol. The molecule has 0 unspecified atom stereocenters. The number of carboxylic acid groups (broad SMARTS) is 1. The number of carbonyl (C=O) groups is 2. The molecule has 0 aliphatic carbocycles. The van der Waals surface area contributed by atoms with E-state index in [1.54, 1.807) is 12.1 Å². The van der Waals surface area contributed by atoms with Gasteiger partial charge < -0.3 is 15.2 Å². The van der Waals surface area contributed by atoms with Crippen molar-refractivity contribution in [2.24, 2.45) is 0 Å². The molecule has 1 rings (SSSR count). The van der Waals surface area contributed by atoms with Crippen LogP contribution in [0, 0.1) is 0 Å². The minimum Gasteiger partial charge on any atom is -0.481 e. The molecule has 2 N–H and O–H groups in total. The molecule has 0 bridgehead atoms. The van der Waals surface area contributed by atoms with Gasteiger partial charge in [-0.25, -0.2) is 0 Å². The number of aliphatic carboxylic acids is 1. The molecule has 0 aromatic carbocycles. The predicted octanol–water partition coefficient (Wildman–Crippen LogP) is 2.28. The summed E-state index contributed by atoms with van der Waals surface area (Å²) in [7, 11) is 0. The molecule has 110 valence electrons. The molecule has 8 heteroatoms. The number of nitrogens with zero attached hydrogens (tertiary/aromatic N) is 1. The first kappa shape index (κ1) is 16.6. The second-order valence-corrected chi connectivity index (χ2v) is 5.47. The van der Waals surface area contributed by atoms with Crippen LogP contribution in [0.1, 0.15) is 13.8 Å². The van der Waals surface area contributed by atoms with E-state index in [2.05, 4.69) is 10.3 Å². The quantitative estimate of drug-likeness (QED) is 0.801. The highest BCUT2D eigenvalue weighted by molar-refractivity contribution is 8.00. The fourth-order valence-corrected chi connectivity index (χ4v) is 1.90. The summed E-state index contributed by atoms with van der Waals surface area (Å²) in [5.74, 6) is -0.896. The zero-order chi connectivity index (χ0) is 15.1. The van der Waals surface area contributed by atoms with E-state index in [4.69, 9.17) is 21.4 Å². The van der Waals surface area contributed by atoms with Crippen molar-refractivity contribution >= 4 is 41.1 Å². The highest BCUT2D eigenvalue weighted by atomic mass is 35.5. The van der Waals surface area contributed by atoms with Gasteiger partial charge in [-0.3, -0.25) is 9.59 Å². The maximum atomic E-state index is 11.6. The van der Waals surface area contributed by atoms with Crippen molar-refractivity contribution < 1.29 is 19.4 Å². The molecule has 0 fully saturated rings. The molecule has 0 atom stereocenters. The van der Waals surface area contributed by atoms with E-state index < -0.39 is 5.97 Å². The Balaban J connectivity index is 2.61. The zero-order valence-corrected chi connectivity index (χ0v) is 12.6. The predicted molar refractivity (Wildman–Crippen MR) is 78.6 cm³/mol. The molecule has 1 amide bonds. The third-order valence-electron chi connectivity index (χ3n) is 1.89. The van der Waals surface area contributed by atoms with Gasteiger partial charge in [-0.05, 0) is 19.9 Å². The lowest BCUT2D eigenvalue weighted by Crippen LogP contribution is -2.17. The summed E-state index contributed by atoms with van der Waals surface area (Å²) in [6.07, 6.45) is -0.0432. The number of aromatic nitrogens is 1. The second-order valence-electron chi connectivity index (χ2n) is 4.08. The molecule has 6 nitrogen and oxygen atoms in total. The number of carboxylic acids is 1. The summed E-state index contributed by atoms with van der Waals surface area (Å²) in [4.78, 5) is 26.0. The molecule has 0 radical (unpaired) electrons. The number of thioether (sulfide) groups is 1. The van der Waals surface area contributed by atoms with E-state index in [1.165, 1.54) is 0 Å². The molecule has 20 heavy (non-hydrogen) atoms. The van der Waals surface area contributed by atoms with E-state index in [-0.39, 0.29) is 34.4 Å². The van der Waals surface area contributed by atoms with Crippen LogP contribution in [0.4, 0.5) is 5.82 Å². The number of nitrogens with one attached hydrogen (secondary N) is 1. The second kappa shape index (κ2) is 7.96. The third kappa shape index (κ3) is 6.12. The summed E-state index contributed by atoms with van der Waals surface area (Å²) in [5, 5.41) is 11.3.